The van der Waals surface area contributed by atoms with Crippen LogP contribution in [-0.4, -0.2) is 29.3 Å². The molecule has 1 rings (SSSR count). The average Bonchev–Trinajstić information content (AvgIpc) is 2.25. The summed E-state index contributed by atoms with van der Waals surface area (Å²) < 4.78 is 40.5. The molecule has 0 saturated carbocycles. The van der Waals surface area contributed by atoms with Crippen molar-refractivity contribution in [1.82, 2.24) is 15.3 Å². The van der Waals surface area contributed by atoms with Crippen molar-refractivity contribution in [2.45, 2.75) is 33.0 Å². The number of nitrogens with one attached hydrogen (secondary N) is 1. The van der Waals surface area contributed by atoms with Crippen LogP contribution in [0.4, 0.5) is 13.2 Å². The maximum Gasteiger partial charge on any atom is 0.422 e. The van der Waals surface area contributed by atoms with E-state index < -0.39 is 12.8 Å². The minimum absolute atomic E-state index is 0.236. The molecular formula is C11H16F3N3O. The SMILES string of the molecule is CCCNCc1cc(C)nc(OCC(F)(F)F)n1. The molecule has 0 atom stereocenters. The topological polar surface area (TPSA) is 47.0 Å². The summed E-state index contributed by atoms with van der Waals surface area (Å²) in [4.78, 5) is 7.72. The summed E-state index contributed by atoms with van der Waals surface area (Å²) in [5.74, 6) is 0. The van der Waals surface area contributed by atoms with Crippen molar-refractivity contribution >= 4 is 0 Å². The lowest BCUT2D eigenvalue weighted by Gasteiger charge is -2.09. The molecule has 0 spiro atoms. The van der Waals surface area contributed by atoms with Crippen LogP contribution in [0.25, 0.3) is 0 Å². The van der Waals surface area contributed by atoms with Crippen molar-refractivity contribution in [2.24, 2.45) is 0 Å². The zero-order chi connectivity index (χ0) is 13.6. The lowest BCUT2D eigenvalue weighted by molar-refractivity contribution is -0.154. The summed E-state index contributed by atoms with van der Waals surface area (Å²) >= 11 is 0. The molecule has 0 amide bonds. The lowest BCUT2D eigenvalue weighted by Crippen LogP contribution is -2.21. The fourth-order valence-electron chi connectivity index (χ4n) is 1.30. The average molecular weight is 263 g/mol. The first kappa shape index (κ1) is 14.7. The van der Waals surface area contributed by atoms with Crippen molar-refractivity contribution in [3.8, 4) is 6.01 Å². The number of ether oxygens (including phenoxy) is 1. The van der Waals surface area contributed by atoms with Gasteiger partial charge < -0.3 is 10.1 Å². The Labute approximate surface area is 104 Å². The normalized spacial score (nSPS) is 11.6. The van der Waals surface area contributed by atoms with Crippen LogP contribution < -0.4 is 10.1 Å². The van der Waals surface area contributed by atoms with Gasteiger partial charge in [-0.05, 0) is 26.0 Å². The summed E-state index contributed by atoms with van der Waals surface area (Å²) in [6.07, 6.45) is -3.41. The quantitative estimate of drug-likeness (QED) is 0.799. The Morgan fingerprint density at radius 3 is 2.67 bits per heavy atom. The van der Waals surface area contributed by atoms with Crippen LogP contribution in [0.15, 0.2) is 6.07 Å². The van der Waals surface area contributed by atoms with Gasteiger partial charge in [0.1, 0.15) is 0 Å². The molecule has 0 aliphatic carbocycles. The summed E-state index contributed by atoms with van der Waals surface area (Å²) in [5.41, 5.74) is 1.20. The van der Waals surface area contributed by atoms with Gasteiger partial charge in [0.05, 0.1) is 5.69 Å². The van der Waals surface area contributed by atoms with Crippen molar-refractivity contribution in [2.75, 3.05) is 13.2 Å². The van der Waals surface area contributed by atoms with Gasteiger partial charge in [-0.3, -0.25) is 0 Å². The van der Waals surface area contributed by atoms with E-state index >= 15 is 0 Å². The Morgan fingerprint density at radius 1 is 1.33 bits per heavy atom. The minimum atomic E-state index is -4.38. The van der Waals surface area contributed by atoms with Gasteiger partial charge in [-0.1, -0.05) is 6.92 Å². The monoisotopic (exact) mass is 263 g/mol. The smallest absolute Gasteiger partial charge is 0.422 e. The molecule has 0 unspecified atom stereocenters. The van der Waals surface area contributed by atoms with E-state index in [9.17, 15) is 13.2 Å². The van der Waals surface area contributed by atoms with Gasteiger partial charge >= 0.3 is 12.2 Å². The molecule has 7 heteroatoms. The zero-order valence-corrected chi connectivity index (χ0v) is 10.3. The predicted molar refractivity (Wildman–Crippen MR) is 60.3 cm³/mol. The number of rotatable bonds is 6. The summed E-state index contributed by atoms with van der Waals surface area (Å²) in [6, 6.07) is 1.48. The zero-order valence-electron chi connectivity index (χ0n) is 10.3. The number of hydrogen-bond donors (Lipinski definition) is 1. The molecule has 1 aromatic rings. The van der Waals surface area contributed by atoms with Crippen LogP contribution in [0.2, 0.25) is 0 Å². The molecule has 0 saturated heterocycles. The first-order valence-corrected chi connectivity index (χ1v) is 5.65. The van der Waals surface area contributed by atoms with Crippen LogP contribution in [0.5, 0.6) is 6.01 Å². The summed E-state index contributed by atoms with van der Waals surface area (Å²) in [7, 11) is 0. The van der Waals surface area contributed by atoms with E-state index in [0.717, 1.165) is 13.0 Å². The molecule has 0 bridgehead atoms. The van der Waals surface area contributed by atoms with E-state index in [4.69, 9.17) is 0 Å². The number of alkyl halides is 3. The van der Waals surface area contributed by atoms with E-state index in [1.54, 1.807) is 13.0 Å². The second kappa shape index (κ2) is 6.53. The van der Waals surface area contributed by atoms with E-state index in [2.05, 4.69) is 20.0 Å². The van der Waals surface area contributed by atoms with Crippen LogP contribution in [-0.2, 0) is 6.54 Å². The Balaban J connectivity index is 2.62. The Bertz CT molecular complexity index is 382. The van der Waals surface area contributed by atoms with Gasteiger partial charge in [-0.25, -0.2) is 4.98 Å². The van der Waals surface area contributed by atoms with Gasteiger partial charge in [-0.15, -0.1) is 0 Å². The Hall–Kier alpha value is -1.37. The highest BCUT2D eigenvalue weighted by Gasteiger charge is 2.29. The van der Waals surface area contributed by atoms with Crippen LogP contribution >= 0.6 is 0 Å². The number of aromatic nitrogens is 2. The maximum absolute atomic E-state index is 12.0. The second-order valence-electron chi connectivity index (χ2n) is 3.86. The van der Waals surface area contributed by atoms with E-state index in [-0.39, 0.29) is 6.01 Å². The van der Waals surface area contributed by atoms with Gasteiger partial charge in [-0.2, -0.15) is 18.2 Å². The number of halogens is 3. The second-order valence-corrected chi connectivity index (χ2v) is 3.86. The molecule has 1 aromatic heterocycles. The summed E-state index contributed by atoms with van der Waals surface area (Å²) in [5, 5.41) is 3.11. The Kier molecular flexibility index (Phi) is 5.33. The first-order valence-electron chi connectivity index (χ1n) is 5.65. The minimum Gasteiger partial charge on any atom is -0.454 e. The van der Waals surface area contributed by atoms with Crippen LogP contribution in [0, 0.1) is 6.92 Å². The van der Waals surface area contributed by atoms with Crippen molar-refractivity contribution in [3.05, 3.63) is 17.5 Å². The fraction of sp³-hybridized carbons (Fsp3) is 0.636. The number of hydrogen-bond acceptors (Lipinski definition) is 4. The molecule has 4 nitrogen and oxygen atoms in total. The highest BCUT2D eigenvalue weighted by Crippen LogP contribution is 2.16. The Morgan fingerprint density at radius 2 is 2.06 bits per heavy atom. The third-order valence-electron chi connectivity index (χ3n) is 1.98. The molecule has 0 aliphatic heterocycles. The largest absolute Gasteiger partial charge is 0.454 e. The van der Waals surface area contributed by atoms with Crippen LogP contribution in [0.3, 0.4) is 0 Å². The third kappa shape index (κ3) is 5.81. The predicted octanol–water partition coefficient (Wildman–Crippen LogP) is 2.23. The van der Waals surface area contributed by atoms with E-state index in [1.165, 1.54) is 0 Å². The molecule has 1 heterocycles. The van der Waals surface area contributed by atoms with Gasteiger partial charge in [0.2, 0.25) is 0 Å². The highest BCUT2D eigenvalue weighted by atomic mass is 19.4. The number of aryl methyl sites for hydroxylation is 1. The van der Waals surface area contributed by atoms with E-state index in [1.807, 2.05) is 6.92 Å². The van der Waals surface area contributed by atoms with Crippen molar-refractivity contribution < 1.29 is 17.9 Å². The lowest BCUT2D eigenvalue weighted by atomic mass is 10.3. The maximum atomic E-state index is 12.0. The molecule has 0 aliphatic rings. The molecule has 0 fully saturated rings. The van der Waals surface area contributed by atoms with Crippen molar-refractivity contribution in [3.63, 3.8) is 0 Å². The van der Waals surface area contributed by atoms with E-state index in [0.29, 0.717) is 17.9 Å². The molecule has 0 radical (unpaired) electrons. The number of nitrogens with zero attached hydrogens (tertiary/aromatic N) is 2. The van der Waals surface area contributed by atoms with Gasteiger partial charge in [0.15, 0.2) is 6.61 Å². The van der Waals surface area contributed by atoms with Crippen LogP contribution in [0.1, 0.15) is 24.7 Å². The molecule has 102 valence electrons. The van der Waals surface area contributed by atoms with Gasteiger partial charge in [0.25, 0.3) is 0 Å². The standard InChI is InChI=1S/C11H16F3N3O/c1-3-4-15-6-9-5-8(2)16-10(17-9)18-7-11(12,13)14/h5,15H,3-4,6-7H2,1-2H3. The third-order valence-corrected chi connectivity index (χ3v) is 1.98. The molecule has 1 N–H and O–H groups in total. The summed E-state index contributed by atoms with van der Waals surface area (Å²) in [6.45, 7) is 3.64. The van der Waals surface area contributed by atoms with Gasteiger partial charge in [0, 0.05) is 12.2 Å². The first-order chi connectivity index (χ1) is 8.40. The fourth-order valence-corrected chi connectivity index (χ4v) is 1.30. The molecule has 0 aromatic carbocycles. The highest BCUT2D eigenvalue weighted by molar-refractivity contribution is 5.12. The molecule has 18 heavy (non-hydrogen) atoms. The van der Waals surface area contributed by atoms with Crippen molar-refractivity contribution in [1.29, 1.82) is 0 Å². The molecular weight excluding hydrogens is 247 g/mol.